The van der Waals surface area contributed by atoms with Crippen LogP contribution in [0, 0.1) is 10.7 Å². The Morgan fingerprint density at radius 1 is 1.38 bits per heavy atom. The minimum absolute atomic E-state index is 0.0351. The minimum Gasteiger partial charge on any atom is -0.466 e. The standard InChI is InChI=1S/C16H21N5O2S/c1-2-23-15(22)13-7-6-10-19(11-13)12-20-16(24)21(18-17-20)14-8-4-3-5-9-14/h3-5,8-9,13H,2,6-7,10-12H2,1H3/p+1/t13-/m1/s1. The fourth-order valence-corrected chi connectivity index (χ4v) is 3.32. The second-order valence-corrected chi connectivity index (χ2v) is 6.33. The van der Waals surface area contributed by atoms with Crippen molar-refractivity contribution in [2.45, 2.75) is 26.4 Å². The molecule has 2 heterocycles. The third-order valence-electron chi connectivity index (χ3n) is 4.25. The van der Waals surface area contributed by atoms with Crippen LogP contribution in [0.5, 0.6) is 0 Å². The van der Waals surface area contributed by atoms with Crippen molar-refractivity contribution >= 4 is 18.2 Å². The highest BCUT2D eigenvalue weighted by Crippen LogP contribution is 2.10. The van der Waals surface area contributed by atoms with Crippen molar-refractivity contribution in [3.8, 4) is 5.69 Å². The van der Waals surface area contributed by atoms with Crippen LogP contribution in [0.3, 0.4) is 0 Å². The Labute approximate surface area is 145 Å². The lowest BCUT2D eigenvalue weighted by atomic mass is 9.99. The Hall–Kier alpha value is -2.06. The van der Waals surface area contributed by atoms with Crippen LogP contribution in [-0.2, 0) is 16.2 Å². The molecule has 0 radical (unpaired) electrons. The molecular formula is C16H22N5O2S+. The maximum Gasteiger partial charge on any atom is 0.314 e. The van der Waals surface area contributed by atoms with E-state index < -0.39 is 0 Å². The Bertz CT molecular complexity index is 742. The van der Waals surface area contributed by atoms with E-state index in [1.165, 1.54) is 4.90 Å². The molecule has 1 aliphatic heterocycles. The van der Waals surface area contributed by atoms with E-state index in [0.29, 0.717) is 18.0 Å². The molecule has 128 valence electrons. The van der Waals surface area contributed by atoms with Crippen molar-refractivity contribution < 1.29 is 14.4 Å². The number of quaternary nitrogens is 1. The first-order chi connectivity index (χ1) is 11.7. The number of para-hydroxylation sites is 1. The van der Waals surface area contributed by atoms with Crippen molar-refractivity contribution in [3.05, 3.63) is 35.1 Å². The van der Waals surface area contributed by atoms with Crippen molar-refractivity contribution in [2.75, 3.05) is 19.7 Å². The van der Waals surface area contributed by atoms with Crippen molar-refractivity contribution in [2.24, 2.45) is 5.92 Å². The van der Waals surface area contributed by atoms with Crippen LogP contribution < -0.4 is 4.90 Å². The van der Waals surface area contributed by atoms with Crippen LogP contribution >= 0.6 is 12.2 Å². The van der Waals surface area contributed by atoms with Gasteiger partial charge in [-0.1, -0.05) is 18.2 Å². The summed E-state index contributed by atoms with van der Waals surface area (Å²) in [7, 11) is 0. The van der Waals surface area contributed by atoms with Crippen LogP contribution in [0.25, 0.3) is 5.69 Å². The summed E-state index contributed by atoms with van der Waals surface area (Å²) >= 11 is 5.49. The predicted molar refractivity (Wildman–Crippen MR) is 90.2 cm³/mol. The summed E-state index contributed by atoms with van der Waals surface area (Å²) in [6, 6.07) is 9.72. The number of ether oxygens (including phenoxy) is 1. The Kier molecular flexibility index (Phi) is 5.37. The molecule has 1 aliphatic rings. The second-order valence-electron chi connectivity index (χ2n) is 5.96. The molecule has 24 heavy (non-hydrogen) atoms. The summed E-state index contributed by atoms with van der Waals surface area (Å²) < 4.78 is 9.10. The maximum atomic E-state index is 12.0. The molecule has 1 fully saturated rings. The summed E-state index contributed by atoms with van der Waals surface area (Å²) in [5.41, 5.74) is 0.895. The van der Waals surface area contributed by atoms with Gasteiger partial charge in [0.05, 0.1) is 25.4 Å². The molecule has 1 N–H and O–H groups in total. The summed E-state index contributed by atoms with van der Waals surface area (Å²) in [6.07, 6.45) is 1.89. The molecule has 1 aromatic heterocycles. The number of benzene rings is 1. The number of carbonyl (C=O) groups excluding carboxylic acids is 1. The smallest absolute Gasteiger partial charge is 0.314 e. The van der Waals surface area contributed by atoms with Gasteiger partial charge in [0.15, 0.2) is 6.67 Å². The number of nitrogens with one attached hydrogen (secondary N) is 1. The van der Waals surface area contributed by atoms with Gasteiger partial charge in [0.1, 0.15) is 5.92 Å². The van der Waals surface area contributed by atoms with Gasteiger partial charge in [0.2, 0.25) is 4.77 Å². The number of hydrogen-bond donors (Lipinski definition) is 1. The van der Waals surface area contributed by atoms with Gasteiger partial charge in [-0.15, -0.1) is 0 Å². The highest BCUT2D eigenvalue weighted by atomic mass is 32.1. The van der Waals surface area contributed by atoms with Crippen molar-refractivity contribution in [3.63, 3.8) is 0 Å². The molecule has 7 nitrogen and oxygen atoms in total. The summed E-state index contributed by atoms with van der Waals surface area (Å²) in [6.45, 7) is 4.63. The number of esters is 1. The molecule has 0 amide bonds. The van der Waals surface area contributed by atoms with Crippen LogP contribution in [-0.4, -0.2) is 45.5 Å². The van der Waals surface area contributed by atoms with Crippen LogP contribution in [0.15, 0.2) is 30.3 Å². The van der Waals surface area contributed by atoms with Gasteiger partial charge in [0.25, 0.3) is 0 Å². The average Bonchev–Trinajstić information content (AvgIpc) is 2.97. The monoisotopic (exact) mass is 348 g/mol. The average molecular weight is 348 g/mol. The molecule has 8 heteroatoms. The molecule has 1 saturated heterocycles. The van der Waals surface area contributed by atoms with E-state index in [4.69, 9.17) is 17.0 Å². The summed E-state index contributed by atoms with van der Waals surface area (Å²) in [5, 5.41) is 8.34. The van der Waals surface area contributed by atoms with E-state index in [-0.39, 0.29) is 11.9 Å². The van der Waals surface area contributed by atoms with E-state index in [2.05, 4.69) is 10.4 Å². The highest BCUT2D eigenvalue weighted by Gasteiger charge is 2.30. The van der Waals surface area contributed by atoms with E-state index in [1.807, 2.05) is 37.3 Å². The zero-order valence-corrected chi connectivity index (χ0v) is 14.5. The fraction of sp³-hybridized carbons (Fsp3) is 0.500. The lowest BCUT2D eigenvalue weighted by Crippen LogP contribution is -3.13. The first kappa shape index (κ1) is 16.8. The van der Waals surface area contributed by atoms with E-state index in [1.54, 1.807) is 9.36 Å². The summed E-state index contributed by atoms with van der Waals surface area (Å²) in [5.74, 6) is -0.127. The minimum atomic E-state index is -0.0914. The zero-order chi connectivity index (χ0) is 16.9. The van der Waals surface area contributed by atoms with E-state index >= 15 is 0 Å². The Morgan fingerprint density at radius 2 is 2.17 bits per heavy atom. The number of piperidine rings is 1. The third-order valence-corrected chi connectivity index (χ3v) is 4.64. The van der Waals surface area contributed by atoms with Gasteiger partial charge < -0.3 is 9.64 Å². The van der Waals surface area contributed by atoms with Gasteiger partial charge in [-0.25, -0.2) is 0 Å². The van der Waals surface area contributed by atoms with Crippen LogP contribution in [0.4, 0.5) is 0 Å². The molecule has 2 aromatic rings. The molecule has 3 rings (SSSR count). The van der Waals surface area contributed by atoms with Crippen molar-refractivity contribution in [1.29, 1.82) is 0 Å². The first-order valence-electron chi connectivity index (χ1n) is 8.27. The van der Waals surface area contributed by atoms with Crippen molar-refractivity contribution in [1.82, 2.24) is 19.8 Å². The number of aromatic nitrogens is 4. The largest absolute Gasteiger partial charge is 0.466 e. The molecule has 2 atom stereocenters. The highest BCUT2D eigenvalue weighted by molar-refractivity contribution is 7.71. The van der Waals surface area contributed by atoms with Gasteiger partial charge in [-0.2, -0.15) is 9.36 Å². The molecule has 0 aliphatic carbocycles. The molecule has 1 aromatic carbocycles. The maximum absolute atomic E-state index is 12.0. The van der Waals surface area contributed by atoms with Gasteiger partial charge in [-0.3, -0.25) is 4.79 Å². The number of rotatable bonds is 5. The fourth-order valence-electron chi connectivity index (χ4n) is 3.07. The molecule has 0 spiro atoms. The van der Waals surface area contributed by atoms with Gasteiger partial charge >= 0.3 is 5.97 Å². The van der Waals surface area contributed by atoms with Gasteiger partial charge in [-0.05, 0) is 54.5 Å². The number of carbonyl (C=O) groups is 1. The SMILES string of the molecule is CCOC(=O)[C@@H]1CCC[NH+](Cn2nnn(-c3ccccc3)c2=S)C1. The second kappa shape index (κ2) is 7.67. The molecular weight excluding hydrogens is 326 g/mol. The Balaban J connectivity index is 1.69. The van der Waals surface area contributed by atoms with Crippen LogP contribution in [0.1, 0.15) is 19.8 Å². The molecule has 0 bridgehead atoms. The van der Waals surface area contributed by atoms with E-state index in [0.717, 1.165) is 31.6 Å². The lowest BCUT2D eigenvalue weighted by Gasteiger charge is -2.28. The molecule has 1 unspecified atom stereocenters. The predicted octanol–water partition coefficient (Wildman–Crippen LogP) is 0.614. The quantitative estimate of drug-likeness (QED) is 0.634. The number of tetrazole rings is 1. The van der Waals surface area contributed by atoms with Crippen LogP contribution in [0.2, 0.25) is 0 Å². The molecule has 0 saturated carbocycles. The van der Waals surface area contributed by atoms with Gasteiger partial charge in [0, 0.05) is 0 Å². The zero-order valence-electron chi connectivity index (χ0n) is 13.7. The number of nitrogens with zero attached hydrogens (tertiary/aromatic N) is 4. The number of likely N-dealkylation sites (tertiary alicyclic amines) is 1. The lowest BCUT2D eigenvalue weighted by molar-refractivity contribution is -0.930. The first-order valence-corrected chi connectivity index (χ1v) is 8.68. The topological polar surface area (TPSA) is 66.4 Å². The third kappa shape index (κ3) is 3.70. The Morgan fingerprint density at radius 3 is 2.92 bits per heavy atom. The summed E-state index contributed by atoms with van der Waals surface area (Å²) in [4.78, 5) is 13.2. The number of hydrogen-bond acceptors (Lipinski definition) is 5. The van der Waals surface area contributed by atoms with E-state index in [9.17, 15) is 4.79 Å². The normalized spacial score (nSPS) is 20.7.